The van der Waals surface area contributed by atoms with Gasteiger partial charge in [0, 0.05) is 12.1 Å². The average molecular weight is 313 g/mol. The first kappa shape index (κ1) is 16.9. The van der Waals surface area contributed by atoms with Gasteiger partial charge in [-0.15, -0.1) is 0 Å². The first-order valence-electron chi connectivity index (χ1n) is 5.84. The van der Waals surface area contributed by atoms with E-state index in [1.54, 1.807) is 6.92 Å². The highest BCUT2D eigenvalue weighted by molar-refractivity contribution is 6.00. The molecule has 0 radical (unpaired) electrons. The maximum absolute atomic E-state index is 11.2. The summed E-state index contributed by atoms with van der Waals surface area (Å²) in [6.45, 7) is 1.72. The summed E-state index contributed by atoms with van der Waals surface area (Å²) >= 11 is 0. The summed E-state index contributed by atoms with van der Waals surface area (Å²) in [5.41, 5.74) is 9.10. The molecule has 0 aromatic heterocycles. The summed E-state index contributed by atoms with van der Waals surface area (Å²) in [4.78, 5) is 32.7. The van der Waals surface area contributed by atoms with Gasteiger partial charge in [-0.05, 0) is 6.92 Å². The molecule has 0 fully saturated rings. The van der Waals surface area contributed by atoms with E-state index in [1.807, 2.05) is 0 Å². The number of carbonyl (C=O) groups is 2. The van der Waals surface area contributed by atoms with Crippen molar-refractivity contribution in [2.24, 2.45) is 23.2 Å². The minimum atomic E-state index is -1.13. The third kappa shape index (κ3) is 3.31. The molecular formula is C10H15N7O5. The third-order valence-corrected chi connectivity index (χ3v) is 2.55. The van der Waals surface area contributed by atoms with Crippen LogP contribution in [0.2, 0.25) is 0 Å². The summed E-state index contributed by atoms with van der Waals surface area (Å²) in [6.07, 6.45) is 0. The van der Waals surface area contributed by atoms with Crippen LogP contribution in [-0.4, -0.2) is 23.6 Å². The Balaban J connectivity index is 3.62. The predicted octanol–water partition coefficient (Wildman–Crippen LogP) is -0.489. The number of nitro benzene ring substituents is 1. The fourth-order valence-corrected chi connectivity index (χ4v) is 1.58. The van der Waals surface area contributed by atoms with Crippen LogP contribution in [-0.2, 0) is 0 Å². The molecule has 0 aliphatic rings. The van der Waals surface area contributed by atoms with Crippen LogP contribution < -0.4 is 37.9 Å². The summed E-state index contributed by atoms with van der Waals surface area (Å²) in [7, 11) is 0. The molecule has 0 saturated carbocycles. The van der Waals surface area contributed by atoms with Crippen LogP contribution in [0.15, 0.2) is 12.1 Å². The molecule has 1 aromatic rings. The predicted molar refractivity (Wildman–Crippen MR) is 76.8 cm³/mol. The lowest BCUT2D eigenvalue weighted by molar-refractivity contribution is -0.385. The number of nitrogens with two attached hydrogens (primary N) is 4. The first-order chi connectivity index (χ1) is 10.2. The standard InChI is InChI=1S/C10H15N7O5/c1-2-22-8-4-6(16(14)10(12)19)5(15(13)9(11)18)3-7(8)17(20)21/h3-4H,2,13-14H2,1H3,(H2,11,18)(H2,12,19). The summed E-state index contributed by atoms with van der Waals surface area (Å²) in [5.74, 6) is 10.7. The van der Waals surface area contributed by atoms with Gasteiger partial charge >= 0.3 is 17.7 Å². The van der Waals surface area contributed by atoms with Gasteiger partial charge in [0.15, 0.2) is 5.75 Å². The Hall–Kier alpha value is -3.12. The van der Waals surface area contributed by atoms with E-state index >= 15 is 0 Å². The highest BCUT2D eigenvalue weighted by Gasteiger charge is 2.26. The van der Waals surface area contributed by atoms with Crippen LogP contribution in [0.4, 0.5) is 26.7 Å². The molecule has 120 valence electrons. The van der Waals surface area contributed by atoms with E-state index in [0.717, 1.165) is 12.1 Å². The van der Waals surface area contributed by atoms with E-state index in [0.29, 0.717) is 10.0 Å². The second-order valence-electron chi connectivity index (χ2n) is 3.92. The molecule has 0 saturated heterocycles. The van der Waals surface area contributed by atoms with Crippen LogP contribution in [0.25, 0.3) is 0 Å². The minimum Gasteiger partial charge on any atom is -0.487 e. The maximum Gasteiger partial charge on any atom is 0.333 e. The number of nitro groups is 1. The van der Waals surface area contributed by atoms with Crippen molar-refractivity contribution < 1.29 is 19.2 Å². The molecule has 0 atom stereocenters. The Kier molecular flexibility index (Phi) is 5.04. The average Bonchev–Trinajstić information content (AvgIpc) is 2.45. The second-order valence-corrected chi connectivity index (χ2v) is 3.92. The van der Waals surface area contributed by atoms with Gasteiger partial charge in [0.1, 0.15) is 0 Å². The fourth-order valence-electron chi connectivity index (χ4n) is 1.58. The number of hydrazine groups is 2. The highest BCUT2D eigenvalue weighted by Crippen LogP contribution is 2.38. The Bertz CT molecular complexity index is 620. The molecule has 22 heavy (non-hydrogen) atoms. The lowest BCUT2D eigenvalue weighted by atomic mass is 10.2. The highest BCUT2D eigenvalue weighted by atomic mass is 16.6. The SMILES string of the molecule is CCOc1cc(N(N)C(N)=O)c(N(N)C(N)=O)cc1[N+](=O)[O-]. The van der Waals surface area contributed by atoms with Gasteiger partial charge in [-0.2, -0.15) is 0 Å². The largest absolute Gasteiger partial charge is 0.487 e. The Morgan fingerprint density at radius 3 is 2.00 bits per heavy atom. The molecule has 0 aliphatic carbocycles. The van der Waals surface area contributed by atoms with Crippen LogP contribution in [0.5, 0.6) is 5.75 Å². The van der Waals surface area contributed by atoms with E-state index in [-0.39, 0.29) is 23.7 Å². The molecule has 0 bridgehead atoms. The maximum atomic E-state index is 11.2. The number of carbonyl (C=O) groups excluding carboxylic acids is 2. The van der Waals surface area contributed by atoms with E-state index in [1.165, 1.54) is 0 Å². The van der Waals surface area contributed by atoms with Crippen molar-refractivity contribution in [3.05, 3.63) is 22.2 Å². The number of ether oxygens (including phenoxy) is 1. The van der Waals surface area contributed by atoms with Crippen molar-refractivity contribution >= 4 is 29.1 Å². The zero-order chi connectivity index (χ0) is 17.0. The Morgan fingerprint density at radius 1 is 1.18 bits per heavy atom. The Labute approximate surface area is 124 Å². The quantitative estimate of drug-likeness (QED) is 0.243. The van der Waals surface area contributed by atoms with E-state index in [9.17, 15) is 19.7 Å². The normalized spacial score (nSPS) is 9.95. The summed E-state index contributed by atoms with van der Waals surface area (Å²) < 4.78 is 5.11. The molecule has 1 rings (SSSR count). The van der Waals surface area contributed by atoms with E-state index in [2.05, 4.69) is 0 Å². The van der Waals surface area contributed by atoms with Gasteiger partial charge in [0.2, 0.25) is 0 Å². The van der Waals surface area contributed by atoms with Crippen molar-refractivity contribution in [3.63, 3.8) is 0 Å². The van der Waals surface area contributed by atoms with Gasteiger partial charge in [0.05, 0.1) is 22.9 Å². The second kappa shape index (κ2) is 6.55. The number of anilines is 2. The smallest absolute Gasteiger partial charge is 0.333 e. The number of rotatable bonds is 5. The van der Waals surface area contributed by atoms with Crippen molar-refractivity contribution in [2.75, 3.05) is 16.6 Å². The molecule has 0 spiro atoms. The number of nitrogens with zero attached hydrogens (tertiary/aromatic N) is 3. The molecule has 12 nitrogen and oxygen atoms in total. The molecule has 1 aromatic carbocycles. The number of benzene rings is 1. The number of urea groups is 2. The zero-order valence-electron chi connectivity index (χ0n) is 11.6. The molecule has 4 amide bonds. The van der Waals surface area contributed by atoms with Crippen molar-refractivity contribution in [1.29, 1.82) is 0 Å². The van der Waals surface area contributed by atoms with Gasteiger partial charge in [0.25, 0.3) is 0 Å². The molecule has 0 heterocycles. The van der Waals surface area contributed by atoms with E-state index in [4.69, 9.17) is 27.9 Å². The van der Waals surface area contributed by atoms with Gasteiger partial charge < -0.3 is 16.2 Å². The van der Waals surface area contributed by atoms with Crippen molar-refractivity contribution in [2.45, 2.75) is 6.92 Å². The molecule has 0 aliphatic heterocycles. The number of amides is 4. The molecule has 8 N–H and O–H groups in total. The molecule has 0 unspecified atom stereocenters. The summed E-state index contributed by atoms with van der Waals surface area (Å²) in [5, 5.41) is 11.9. The molecule has 12 heteroatoms. The first-order valence-corrected chi connectivity index (χ1v) is 5.84. The lowest BCUT2D eigenvalue weighted by Gasteiger charge is -2.23. The van der Waals surface area contributed by atoms with Gasteiger partial charge in [-0.25, -0.2) is 31.3 Å². The minimum absolute atomic E-state index is 0.114. The van der Waals surface area contributed by atoms with E-state index < -0.39 is 22.7 Å². The number of hydrogen-bond acceptors (Lipinski definition) is 7. The van der Waals surface area contributed by atoms with Gasteiger partial charge in [-0.3, -0.25) is 10.1 Å². The van der Waals surface area contributed by atoms with Crippen LogP contribution in [0.1, 0.15) is 6.92 Å². The van der Waals surface area contributed by atoms with Crippen molar-refractivity contribution in [3.8, 4) is 5.75 Å². The number of hydrogen-bond donors (Lipinski definition) is 4. The van der Waals surface area contributed by atoms with Crippen LogP contribution in [0, 0.1) is 10.1 Å². The van der Waals surface area contributed by atoms with Crippen molar-refractivity contribution in [1.82, 2.24) is 0 Å². The monoisotopic (exact) mass is 313 g/mol. The number of primary amides is 2. The van der Waals surface area contributed by atoms with Crippen LogP contribution >= 0.6 is 0 Å². The zero-order valence-corrected chi connectivity index (χ0v) is 11.6. The van der Waals surface area contributed by atoms with Crippen LogP contribution in [0.3, 0.4) is 0 Å². The lowest BCUT2D eigenvalue weighted by Crippen LogP contribution is -2.46. The topological polar surface area (TPSA) is 197 Å². The van der Waals surface area contributed by atoms with Gasteiger partial charge in [-0.1, -0.05) is 0 Å². The Morgan fingerprint density at radius 2 is 1.64 bits per heavy atom. The third-order valence-electron chi connectivity index (χ3n) is 2.55. The fraction of sp³-hybridized carbons (Fsp3) is 0.200. The molecular weight excluding hydrogens is 298 g/mol. The summed E-state index contributed by atoms with van der Waals surface area (Å²) in [6, 6.07) is -0.258.